The predicted octanol–water partition coefficient (Wildman–Crippen LogP) is 5.20. The molecule has 0 unspecified atom stereocenters. The van der Waals surface area contributed by atoms with Gasteiger partial charge in [0.25, 0.3) is 0 Å². The highest BCUT2D eigenvalue weighted by Gasteiger charge is 2.23. The first-order valence-electron chi connectivity index (χ1n) is 11.7. The maximum Gasteiger partial charge on any atom is 0.247 e. The third-order valence-electron chi connectivity index (χ3n) is 5.53. The van der Waals surface area contributed by atoms with Crippen LogP contribution in [-0.4, -0.2) is 41.5 Å². The fourth-order valence-electron chi connectivity index (χ4n) is 3.86. The third kappa shape index (κ3) is 6.96. The molecule has 0 fully saturated rings. The molecule has 0 N–H and O–H groups in total. The van der Waals surface area contributed by atoms with Crippen LogP contribution in [-0.2, 0) is 22.7 Å². The van der Waals surface area contributed by atoms with Gasteiger partial charge in [-0.1, -0.05) is 56.3 Å². The Labute approximate surface area is 210 Å². The van der Waals surface area contributed by atoms with Gasteiger partial charge in [0.15, 0.2) is 11.5 Å². The number of fused-ring (bicyclic) bond motifs is 1. The van der Waals surface area contributed by atoms with E-state index in [1.54, 1.807) is 33.3 Å². The fraction of sp³-hybridized carbons (Fsp3) is 0.286. The first-order valence-corrected chi connectivity index (χ1v) is 12.6. The van der Waals surface area contributed by atoms with E-state index in [2.05, 4.69) is 0 Å². The first kappa shape index (κ1) is 24.5. The molecule has 0 aliphatic carbocycles. The summed E-state index contributed by atoms with van der Waals surface area (Å²) < 4.78 is 10.9. The monoisotopic (exact) mass is 490 g/mol. The lowest BCUT2D eigenvalue weighted by molar-refractivity contribution is -0.139. The standard InChI is InChI=1S/C28H30N2O4S/c1-21(2)16-29(27(31)13-11-22-7-4-3-5-8-22)19-28(32)30(18-24-9-6-14-35-24)17-23-10-12-25-26(15-23)34-20-33-25/h3-15,21H,16-20H2,1-2H3. The minimum atomic E-state index is -0.171. The zero-order chi connectivity index (χ0) is 24.6. The van der Waals surface area contributed by atoms with Crippen molar-refractivity contribution in [2.24, 2.45) is 5.92 Å². The molecule has 0 saturated heterocycles. The van der Waals surface area contributed by atoms with Crippen molar-refractivity contribution in [2.75, 3.05) is 19.9 Å². The van der Waals surface area contributed by atoms with E-state index in [9.17, 15) is 9.59 Å². The summed E-state index contributed by atoms with van der Waals surface area (Å²) >= 11 is 1.61. The smallest absolute Gasteiger partial charge is 0.247 e. The van der Waals surface area contributed by atoms with Crippen molar-refractivity contribution in [3.8, 4) is 11.5 Å². The Morgan fingerprint density at radius 2 is 1.77 bits per heavy atom. The number of carbonyl (C=O) groups excluding carboxylic acids is 2. The average Bonchev–Trinajstić information content (AvgIpc) is 3.53. The highest BCUT2D eigenvalue weighted by Crippen LogP contribution is 2.33. The van der Waals surface area contributed by atoms with Gasteiger partial charge in [0.2, 0.25) is 18.6 Å². The van der Waals surface area contributed by atoms with Crippen LogP contribution in [0.15, 0.2) is 72.1 Å². The number of ether oxygens (including phenoxy) is 2. The van der Waals surface area contributed by atoms with Gasteiger partial charge in [-0.05, 0) is 46.7 Å². The fourth-order valence-corrected chi connectivity index (χ4v) is 4.58. The lowest BCUT2D eigenvalue weighted by Crippen LogP contribution is -2.43. The summed E-state index contributed by atoms with van der Waals surface area (Å²) in [5.41, 5.74) is 1.89. The highest BCUT2D eigenvalue weighted by atomic mass is 32.1. The molecule has 7 heteroatoms. The number of amides is 2. The Bertz CT molecular complexity index is 1160. The molecule has 2 amide bonds. The Morgan fingerprint density at radius 3 is 2.51 bits per heavy atom. The van der Waals surface area contributed by atoms with Crippen LogP contribution < -0.4 is 9.47 Å². The van der Waals surface area contributed by atoms with E-state index >= 15 is 0 Å². The number of rotatable bonds is 10. The summed E-state index contributed by atoms with van der Waals surface area (Å²) in [5, 5.41) is 2.00. The van der Waals surface area contributed by atoms with Crippen molar-refractivity contribution >= 4 is 29.2 Å². The Morgan fingerprint density at radius 1 is 0.971 bits per heavy atom. The van der Waals surface area contributed by atoms with E-state index in [4.69, 9.17) is 9.47 Å². The molecule has 0 atom stereocenters. The quantitative estimate of drug-likeness (QED) is 0.367. The molecule has 35 heavy (non-hydrogen) atoms. The van der Waals surface area contributed by atoms with Gasteiger partial charge < -0.3 is 19.3 Å². The van der Waals surface area contributed by atoms with Crippen LogP contribution in [0.2, 0.25) is 0 Å². The zero-order valence-electron chi connectivity index (χ0n) is 20.1. The molecule has 1 aromatic heterocycles. The van der Waals surface area contributed by atoms with Gasteiger partial charge in [-0.2, -0.15) is 0 Å². The van der Waals surface area contributed by atoms with E-state index in [0.717, 1.165) is 16.0 Å². The molecule has 0 bridgehead atoms. The molecule has 1 aliphatic heterocycles. The van der Waals surface area contributed by atoms with E-state index in [1.807, 2.05) is 79.9 Å². The Balaban J connectivity index is 1.50. The summed E-state index contributed by atoms with van der Waals surface area (Å²) in [4.78, 5) is 31.1. The molecule has 0 radical (unpaired) electrons. The van der Waals surface area contributed by atoms with Crippen LogP contribution in [0.3, 0.4) is 0 Å². The molecule has 0 saturated carbocycles. The van der Waals surface area contributed by atoms with Gasteiger partial charge in [-0.3, -0.25) is 9.59 Å². The summed E-state index contributed by atoms with van der Waals surface area (Å²) in [7, 11) is 0. The summed E-state index contributed by atoms with van der Waals surface area (Å²) in [6.45, 7) is 5.71. The van der Waals surface area contributed by atoms with Gasteiger partial charge in [-0.25, -0.2) is 0 Å². The lowest BCUT2D eigenvalue weighted by Gasteiger charge is -2.28. The highest BCUT2D eigenvalue weighted by molar-refractivity contribution is 7.09. The molecule has 182 valence electrons. The number of benzene rings is 2. The van der Waals surface area contributed by atoms with Crippen LogP contribution in [0.4, 0.5) is 0 Å². The number of thiophene rings is 1. The van der Waals surface area contributed by atoms with E-state index in [-0.39, 0.29) is 31.1 Å². The van der Waals surface area contributed by atoms with Crippen LogP contribution in [0.5, 0.6) is 11.5 Å². The van der Waals surface area contributed by atoms with Gasteiger partial charge in [-0.15, -0.1) is 11.3 Å². The second kappa shape index (κ2) is 11.7. The van der Waals surface area contributed by atoms with Crippen molar-refractivity contribution in [1.29, 1.82) is 0 Å². The third-order valence-corrected chi connectivity index (χ3v) is 6.39. The largest absolute Gasteiger partial charge is 0.454 e. The zero-order valence-corrected chi connectivity index (χ0v) is 20.9. The van der Waals surface area contributed by atoms with Gasteiger partial charge in [0, 0.05) is 24.0 Å². The van der Waals surface area contributed by atoms with Crippen LogP contribution in [0.25, 0.3) is 6.08 Å². The van der Waals surface area contributed by atoms with Crippen LogP contribution in [0, 0.1) is 5.92 Å². The summed E-state index contributed by atoms with van der Waals surface area (Å²) in [6, 6.07) is 19.4. The summed E-state index contributed by atoms with van der Waals surface area (Å²) in [6.07, 6.45) is 3.34. The Kier molecular flexibility index (Phi) is 8.21. The van der Waals surface area contributed by atoms with Gasteiger partial charge >= 0.3 is 0 Å². The number of nitrogens with zero attached hydrogens (tertiary/aromatic N) is 2. The van der Waals surface area contributed by atoms with Crippen molar-refractivity contribution in [3.05, 3.63) is 88.1 Å². The lowest BCUT2D eigenvalue weighted by atomic mass is 10.1. The maximum atomic E-state index is 13.5. The van der Waals surface area contributed by atoms with Gasteiger partial charge in [0.05, 0.1) is 6.54 Å². The SMILES string of the molecule is CC(C)CN(CC(=O)N(Cc1ccc2c(c1)OCO2)Cc1cccs1)C(=O)C=Cc1ccccc1. The molecule has 2 heterocycles. The molecule has 4 rings (SSSR count). The molecule has 3 aromatic rings. The van der Waals surface area contributed by atoms with E-state index < -0.39 is 0 Å². The summed E-state index contributed by atoms with van der Waals surface area (Å²) in [5.74, 6) is 1.36. The van der Waals surface area contributed by atoms with Crippen molar-refractivity contribution in [3.63, 3.8) is 0 Å². The molecule has 6 nitrogen and oxygen atoms in total. The second-order valence-electron chi connectivity index (χ2n) is 8.87. The molecule has 2 aromatic carbocycles. The van der Waals surface area contributed by atoms with Crippen LogP contribution in [0.1, 0.15) is 29.9 Å². The topological polar surface area (TPSA) is 59.1 Å². The molecule has 1 aliphatic rings. The number of carbonyl (C=O) groups is 2. The minimum absolute atomic E-state index is 0.0199. The van der Waals surface area contributed by atoms with Crippen molar-refractivity contribution in [2.45, 2.75) is 26.9 Å². The van der Waals surface area contributed by atoms with Gasteiger partial charge in [0.1, 0.15) is 6.54 Å². The Hall–Kier alpha value is -3.58. The van der Waals surface area contributed by atoms with E-state index in [0.29, 0.717) is 31.1 Å². The molecular formula is C28H30N2O4S. The normalized spacial score (nSPS) is 12.3. The predicted molar refractivity (Wildman–Crippen MR) is 138 cm³/mol. The number of hydrogen-bond donors (Lipinski definition) is 0. The van der Waals surface area contributed by atoms with Crippen molar-refractivity contribution in [1.82, 2.24) is 9.80 Å². The molecule has 0 spiro atoms. The van der Waals surface area contributed by atoms with Crippen LogP contribution >= 0.6 is 11.3 Å². The van der Waals surface area contributed by atoms with Crippen molar-refractivity contribution < 1.29 is 19.1 Å². The average molecular weight is 491 g/mol. The second-order valence-corrected chi connectivity index (χ2v) is 9.91. The van der Waals surface area contributed by atoms with E-state index in [1.165, 1.54) is 0 Å². The molecular weight excluding hydrogens is 460 g/mol. The minimum Gasteiger partial charge on any atom is -0.454 e. The number of hydrogen-bond acceptors (Lipinski definition) is 5. The first-order chi connectivity index (χ1) is 17.0. The maximum absolute atomic E-state index is 13.5.